The summed E-state index contributed by atoms with van der Waals surface area (Å²) in [5.74, 6) is 0.766. The highest BCUT2D eigenvalue weighted by atomic mass is 32.2. The van der Waals surface area contributed by atoms with Crippen LogP contribution in [0.4, 0.5) is 11.5 Å². The van der Waals surface area contributed by atoms with Gasteiger partial charge in [0.2, 0.25) is 0 Å². The molecule has 0 amide bonds. The van der Waals surface area contributed by atoms with Crippen molar-refractivity contribution in [1.82, 2.24) is 19.5 Å². The third kappa shape index (κ3) is 4.83. The SMILES string of the molecule is COC1CCN(c2cccc(S(=O)(=O)n3ncc4ccc(N5CCNCC5)nc43)c2)C1.O=CO. The van der Waals surface area contributed by atoms with Crippen molar-refractivity contribution in [2.75, 3.05) is 56.2 Å². The van der Waals surface area contributed by atoms with Crippen LogP contribution >= 0.6 is 0 Å². The predicted octanol–water partition coefficient (Wildman–Crippen LogP) is 1.00. The van der Waals surface area contributed by atoms with E-state index in [9.17, 15) is 8.42 Å². The van der Waals surface area contributed by atoms with Crippen molar-refractivity contribution in [3.63, 3.8) is 0 Å². The van der Waals surface area contributed by atoms with Crippen LogP contribution in [0.1, 0.15) is 6.42 Å². The smallest absolute Gasteiger partial charge is 0.290 e. The first kappa shape index (κ1) is 23.9. The first-order valence-corrected chi connectivity index (χ1v) is 12.4. The number of ether oxygens (including phenoxy) is 1. The number of nitrogens with one attached hydrogen (secondary N) is 1. The molecular formula is C22H28N6O5S. The molecular weight excluding hydrogens is 460 g/mol. The number of hydrogen-bond acceptors (Lipinski definition) is 9. The number of carbonyl (C=O) groups is 1. The molecule has 5 rings (SSSR count). The Morgan fingerprint density at radius 2 is 1.91 bits per heavy atom. The van der Waals surface area contributed by atoms with Gasteiger partial charge in [-0.2, -0.15) is 13.5 Å². The third-order valence-electron chi connectivity index (χ3n) is 6.00. The molecule has 4 heterocycles. The van der Waals surface area contributed by atoms with Crippen molar-refractivity contribution in [1.29, 1.82) is 0 Å². The Morgan fingerprint density at radius 3 is 2.62 bits per heavy atom. The fourth-order valence-corrected chi connectivity index (χ4v) is 5.48. The largest absolute Gasteiger partial charge is 0.483 e. The maximum absolute atomic E-state index is 13.5. The van der Waals surface area contributed by atoms with Gasteiger partial charge in [-0.25, -0.2) is 4.98 Å². The van der Waals surface area contributed by atoms with E-state index in [0.717, 1.165) is 61.3 Å². The molecule has 182 valence electrons. The number of hydrogen-bond donors (Lipinski definition) is 2. The Kier molecular flexibility index (Phi) is 7.29. The van der Waals surface area contributed by atoms with Crippen LogP contribution in [0, 0.1) is 0 Å². The highest BCUT2D eigenvalue weighted by molar-refractivity contribution is 7.90. The van der Waals surface area contributed by atoms with Crippen LogP contribution in [0.2, 0.25) is 0 Å². The fraction of sp³-hybridized carbons (Fsp3) is 0.409. The summed E-state index contributed by atoms with van der Waals surface area (Å²) in [5.41, 5.74) is 1.22. The molecule has 2 fully saturated rings. The number of rotatable bonds is 5. The Hall–Kier alpha value is -3.22. The van der Waals surface area contributed by atoms with Crippen LogP contribution < -0.4 is 15.1 Å². The lowest BCUT2D eigenvalue weighted by Crippen LogP contribution is -2.43. The van der Waals surface area contributed by atoms with Gasteiger partial charge in [0, 0.05) is 57.5 Å². The maximum Gasteiger partial charge on any atom is 0.290 e. The summed E-state index contributed by atoms with van der Waals surface area (Å²) in [6.07, 6.45) is 2.65. The molecule has 1 aromatic carbocycles. The Labute approximate surface area is 198 Å². The van der Waals surface area contributed by atoms with Crippen LogP contribution in [0.5, 0.6) is 0 Å². The molecule has 0 saturated carbocycles. The number of pyridine rings is 1. The van der Waals surface area contributed by atoms with Gasteiger partial charge in [0.15, 0.2) is 5.65 Å². The molecule has 0 spiro atoms. The molecule has 0 bridgehead atoms. The molecule has 0 radical (unpaired) electrons. The fourth-order valence-electron chi connectivity index (χ4n) is 4.21. The number of aromatic nitrogens is 3. The van der Waals surface area contributed by atoms with Gasteiger partial charge in [-0.3, -0.25) is 4.79 Å². The number of nitrogens with zero attached hydrogens (tertiary/aromatic N) is 5. The molecule has 1 unspecified atom stereocenters. The van der Waals surface area contributed by atoms with Gasteiger partial charge in [-0.05, 0) is 36.8 Å². The Bertz CT molecular complexity index is 1240. The van der Waals surface area contributed by atoms with E-state index >= 15 is 0 Å². The molecule has 2 aliphatic rings. The van der Waals surface area contributed by atoms with E-state index in [0.29, 0.717) is 11.0 Å². The van der Waals surface area contributed by atoms with E-state index in [1.807, 2.05) is 18.2 Å². The summed E-state index contributed by atoms with van der Waals surface area (Å²) in [4.78, 5) is 17.5. The zero-order valence-corrected chi connectivity index (χ0v) is 19.7. The first-order chi connectivity index (χ1) is 16.5. The standard InChI is InChI=1S/C21H26N6O3S.CH2O2/c1-30-18-7-10-26(15-18)17-3-2-4-19(13-17)31(28,29)27-21-16(14-23-27)5-6-20(24-21)25-11-8-22-9-12-25;2-1-3/h2-6,13-14,18,22H,7-12,15H2,1H3;1H,(H,2,3). The molecule has 2 saturated heterocycles. The molecule has 2 N–H and O–H groups in total. The minimum Gasteiger partial charge on any atom is -0.483 e. The monoisotopic (exact) mass is 488 g/mol. The molecule has 2 aliphatic heterocycles. The van der Waals surface area contributed by atoms with Gasteiger partial charge in [0.1, 0.15) is 5.82 Å². The molecule has 34 heavy (non-hydrogen) atoms. The van der Waals surface area contributed by atoms with E-state index in [2.05, 4.69) is 25.2 Å². The Balaban J connectivity index is 0.000000868. The van der Waals surface area contributed by atoms with Crippen molar-refractivity contribution < 1.29 is 23.1 Å². The third-order valence-corrected chi connectivity index (χ3v) is 7.57. The van der Waals surface area contributed by atoms with Gasteiger partial charge in [0.05, 0.1) is 17.2 Å². The van der Waals surface area contributed by atoms with Crippen LogP contribution in [0.25, 0.3) is 11.0 Å². The summed E-state index contributed by atoms with van der Waals surface area (Å²) < 4.78 is 33.4. The number of benzene rings is 1. The highest BCUT2D eigenvalue weighted by Crippen LogP contribution is 2.27. The molecule has 0 aliphatic carbocycles. The van der Waals surface area contributed by atoms with Crippen LogP contribution in [0.15, 0.2) is 47.5 Å². The van der Waals surface area contributed by atoms with Crippen molar-refractivity contribution in [3.05, 3.63) is 42.6 Å². The number of methoxy groups -OCH3 is 1. The Morgan fingerprint density at radius 1 is 1.15 bits per heavy atom. The van der Waals surface area contributed by atoms with E-state index in [4.69, 9.17) is 14.6 Å². The summed E-state index contributed by atoms with van der Waals surface area (Å²) in [6.45, 7) is 4.76. The topological polar surface area (TPSA) is 130 Å². The summed E-state index contributed by atoms with van der Waals surface area (Å²) in [5, 5.41) is 15.1. The van der Waals surface area contributed by atoms with Crippen molar-refractivity contribution in [2.24, 2.45) is 0 Å². The van der Waals surface area contributed by atoms with Gasteiger partial charge < -0.3 is 25.0 Å². The second-order valence-corrected chi connectivity index (χ2v) is 9.77. The van der Waals surface area contributed by atoms with Gasteiger partial charge >= 0.3 is 0 Å². The molecule has 2 aromatic heterocycles. The highest BCUT2D eigenvalue weighted by Gasteiger charge is 2.26. The zero-order chi connectivity index (χ0) is 24.1. The summed E-state index contributed by atoms with van der Waals surface area (Å²) in [6, 6.07) is 10.8. The predicted molar refractivity (Wildman–Crippen MR) is 128 cm³/mol. The first-order valence-electron chi connectivity index (χ1n) is 11.0. The van der Waals surface area contributed by atoms with E-state index in [-0.39, 0.29) is 17.5 Å². The summed E-state index contributed by atoms with van der Waals surface area (Å²) in [7, 11) is -2.18. The quantitative estimate of drug-likeness (QED) is 0.502. The minimum atomic E-state index is -3.89. The van der Waals surface area contributed by atoms with Gasteiger partial charge in [-0.15, -0.1) is 4.09 Å². The molecule has 11 nitrogen and oxygen atoms in total. The lowest BCUT2D eigenvalue weighted by molar-refractivity contribution is -0.122. The van der Waals surface area contributed by atoms with Crippen molar-refractivity contribution in [2.45, 2.75) is 17.4 Å². The normalized spacial score (nSPS) is 18.6. The maximum atomic E-state index is 13.5. The van der Waals surface area contributed by atoms with Crippen LogP contribution in [-0.2, 0) is 19.6 Å². The van der Waals surface area contributed by atoms with Crippen molar-refractivity contribution >= 4 is 39.0 Å². The average molecular weight is 489 g/mol. The van der Waals surface area contributed by atoms with E-state index in [1.54, 1.807) is 31.5 Å². The van der Waals surface area contributed by atoms with Crippen LogP contribution in [0.3, 0.4) is 0 Å². The molecule has 3 aromatic rings. The zero-order valence-electron chi connectivity index (χ0n) is 18.9. The second-order valence-electron chi connectivity index (χ2n) is 8.01. The van der Waals surface area contributed by atoms with Gasteiger partial charge in [-0.1, -0.05) is 6.07 Å². The lowest BCUT2D eigenvalue weighted by atomic mass is 10.3. The van der Waals surface area contributed by atoms with Crippen LogP contribution in [-0.4, -0.2) is 86.6 Å². The minimum absolute atomic E-state index is 0.169. The van der Waals surface area contributed by atoms with Crippen molar-refractivity contribution in [3.8, 4) is 0 Å². The second kappa shape index (κ2) is 10.4. The average Bonchev–Trinajstić information content (AvgIpc) is 3.52. The van der Waals surface area contributed by atoms with Gasteiger partial charge in [0.25, 0.3) is 16.5 Å². The lowest BCUT2D eigenvalue weighted by Gasteiger charge is -2.28. The van der Waals surface area contributed by atoms with E-state index < -0.39 is 10.0 Å². The summed E-state index contributed by atoms with van der Waals surface area (Å²) >= 11 is 0. The van der Waals surface area contributed by atoms with E-state index in [1.165, 1.54) is 0 Å². The molecule has 12 heteroatoms. The number of fused-ring (bicyclic) bond motifs is 1. The molecule has 1 atom stereocenters. The number of piperazine rings is 1. The number of anilines is 2. The number of carboxylic acid groups (broad SMARTS) is 1.